The average molecular weight is 417 g/mol. The molecule has 0 bridgehead atoms. The van der Waals surface area contributed by atoms with Gasteiger partial charge in [-0.2, -0.15) is 4.31 Å². The van der Waals surface area contributed by atoms with Gasteiger partial charge in [0, 0.05) is 26.2 Å². The summed E-state index contributed by atoms with van der Waals surface area (Å²) in [5, 5.41) is 0. The van der Waals surface area contributed by atoms with E-state index in [1.54, 1.807) is 35.2 Å². The Hall–Kier alpha value is -2.38. The highest BCUT2D eigenvalue weighted by Crippen LogP contribution is 2.22. The van der Waals surface area contributed by atoms with Crippen LogP contribution in [0.15, 0.2) is 53.4 Å². The molecule has 1 saturated heterocycles. The SMILES string of the molecule is CC[C@H](Oc1ccc(C)cc1C)C(=O)N1CCN(S(=O)(=O)c2ccccc2)CC1. The van der Waals surface area contributed by atoms with Crippen LogP contribution in [0.3, 0.4) is 0 Å². The number of piperazine rings is 1. The zero-order valence-electron chi connectivity index (χ0n) is 17.2. The van der Waals surface area contributed by atoms with Gasteiger partial charge in [0.05, 0.1) is 4.90 Å². The van der Waals surface area contributed by atoms with E-state index in [9.17, 15) is 13.2 Å². The average Bonchev–Trinajstić information content (AvgIpc) is 2.73. The maximum Gasteiger partial charge on any atom is 0.263 e. The number of carbonyl (C=O) groups excluding carboxylic acids is 1. The number of hydrogen-bond donors (Lipinski definition) is 0. The highest BCUT2D eigenvalue weighted by Gasteiger charge is 2.32. The van der Waals surface area contributed by atoms with Gasteiger partial charge in [0.15, 0.2) is 6.10 Å². The number of sulfonamides is 1. The van der Waals surface area contributed by atoms with Crippen LogP contribution in [0.2, 0.25) is 0 Å². The smallest absolute Gasteiger partial charge is 0.263 e. The molecule has 1 atom stereocenters. The van der Waals surface area contributed by atoms with Gasteiger partial charge in [0.2, 0.25) is 10.0 Å². The minimum atomic E-state index is -3.53. The Morgan fingerprint density at radius 3 is 2.28 bits per heavy atom. The van der Waals surface area contributed by atoms with Crippen molar-refractivity contribution >= 4 is 15.9 Å². The van der Waals surface area contributed by atoms with Crippen molar-refractivity contribution in [3.05, 3.63) is 59.7 Å². The van der Waals surface area contributed by atoms with Gasteiger partial charge in [0.25, 0.3) is 5.91 Å². The summed E-state index contributed by atoms with van der Waals surface area (Å²) in [5.41, 5.74) is 2.14. The highest BCUT2D eigenvalue weighted by atomic mass is 32.2. The van der Waals surface area contributed by atoms with Gasteiger partial charge in [-0.25, -0.2) is 8.42 Å². The molecule has 0 radical (unpaired) electrons. The Bertz CT molecular complexity index is 952. The van der Waals surface area contributed by atoms with E-state index in [1.807, 2.05) is 39.0 Å². The summed E-state index contributed by atoms with van der Waals surface area (Å²) in [6.45, 7) is 7.18. The highest BCUT2D eigenvalue weighted by molar-refractivity contribution is 7.89. The molecule has 1 aliphatic heterocycles. The van der Waals surface area contributed by atoms with E-state index in [2.05, 4.69) is 0 Å². The molecular formula is C22H28N2O4S. The summed E-state index contributed by atoms with van der Waals surface area (Å²) in [5.74, 6) is 0.616. The van der Waals surface area contributed by atoms with E-state index in [0.717, 1.165) is 11.1 Å². The van der Waals surface area contributed by atoms with Gasteiger partial charge < -0.3 is 9.64 Å². The van der Waals surface area contributed by atoms with Crippen LogP contribution in [0.5, 0.6) is 5.75 Å². The molecule has 1 fully saturated rings. The molecule has 6 nitrogen and oxygen atoms in total. The van der Waals surface area contributed by atoms with Gasteiger partial charge in [-0.1, -0.05) is 42.8 Å². The molecule has 156 valence electrons. The molecule has 0 N–H and O–H groups in total. The fourth-order valence-electron chi connectivity index (χ4n) is 3.49. The molecule has 0 aliphatic carbocycles. The Kier molecular flexibility index (Phi) is 6.59. The molecule has 0 saturated carbocycles. The van der Waals surface area contributed by atoms with Gasteiger partial charge in [0.1, 0.15) is 5.75 Å². The second-order valence-electron chi connectivity index (χ2n) is 7.33. The lowest BCUT2D eigenvalue weighted by Gasteiger charge is -2.35. The third-order valence-corrected chi connectivity index (χ3v) is 7.09. The van der Waals surface area contributed by atoms with Crippen molar-refractivity contribution in [1.82, 2.24) is 9.21 Å². The third-order valence-electron chi connectivity index (χ3n) is 5.18. The predicted molar refractivity (Wildman–Crippen MR) is 112 cm³/mol. The summed E-state index contributed by atoms with van der Waals surface area (Å²) in [7, 11) is -3.53. The van der Waals surface area contributed by atoms with E-state index in [1.165, 1.54) is 4.31 Å². The molecule has 1 amide bonds. The van der Waals surface area contributed by atoms with Crippen molar-refractivity contribution < 1.29 is 17.9 Å². The quantitative estimate of drug-likeness (QED) is 0.726. The summed E-state index contributed by atoms with van der Waals surface area (Å²) in [4.78, 5) is 15.0. The standard InChI is InChI=1S/C22H28N2O4S/c1-4-20(28-21-11-10-17(2)16-18(21)3)22(25)23-12-14-24(15-13-23)29(26,27)19-8-6-5-7-9-19/h5-11,16,20H,4,12-15H2,1-3H3/t20-/m0/s1. The third kappa shape index (κ3) is 4.79. The van der Waals surface area contributed by atoms with Crippen molar-refractivity contribution in [1.29, 1.82) is 0 Å². The maximum absolute atomic E-state index is 13.0. The largest absolute Gasteiger partial charge is 0.480 e. The zero-order chi connectivity index (χ0) is 21.0. The molecular weight excluding hydrogens is 388 g/mol. The molecule has 3 rings (SSSR count). The van der Waals surface area contributed by atoms with Crippen LogP contribution in [0.4, 0.5) is 0 Å². The van der Waals surface area contributed by atoms with Crippen molar-refractivity contribution in [3.63, 3.8) is 0 Å². The summed E-state index contributed by atoms with van der Waals surface area (Å²) < 4.78 is 33.0. The molecule has 29 heavy (non-hydrogen) atoms. The minimum Gasteiger partial charge on any atom is -0.480 e. The van der Waals surface area contributed by atoms with Crippen LogP contribution >= 0.6 is 0 Å². The van der Waals surface area contributed by atoms with Gasteiger partial charge in [-0.15, -0.1) is 0 Å². The number of amides is 1. The van der Waals surface area contributed by atoms with Crippen molar-refractivity contribution in [2.45, 2.75) is 38.2 Å². The van der Waals surface area contributed by atoms with Crippen molar-refractivity contribution in [2.75, 3.05) is 26.2 Å². The van der Waals surface area contributed by atoms with Crippen molar-refractivity contribution in [3.8, 4) is 5.75 Å². The molecule has 2 aromatic carbocycles. The van der Waals surface area contributed by atoms with E-state index in [-0.39, 0.29) is 23.9 Å². The first-order valence-electron chi connectivity index (χ1n) is 9.91. The Labute approximate surface area is 173 Å². The Morgan fingerprint density at radius 2 is 1.69 bits per heavy atom. The normalized spacial score (nSPS) is 16.4. The second-order valence-corrected chi connectivity index (χ2v) is 9.26. The second kappa shape index (κ2) is 8.97. The lowest BCUT2D eigenvalue weighted by molar-refractivity contribution is -0.140. The fourth-order valence-corrected chi connectivity index (χ4v) is 4.93. The monoisotopic (exact) mass is 416 g/mol. The zero-order valence-corrected chi connectivity index (χ0v) is 18.0. The number of benzene rings is 2. The summed E-state index contributed by atoms with van der Waals surface area (Å²) >= 11 is 0. The van der Waals surface area contributed by atoms with E-state index >= 15 is 0 Å². The topological polar surface area (TPSA) is 66.9 Å². The van der Waals surface area contributed by atoms with Gasteiger partial charge in [-0.05, 0) is 44.0 Å². The van der Waals surface area contributed by atoms with Crippen LogP contribution in [0, 0.1) is 13.8 Å². The fraction of sp³-hybridized carbons (Fsp3) is 0.409. The molecule has 7 heteroatoms. The van der Waals surface area contributed by atoms with Crippen LogP contribution < -0.4 is 4.74 Å². The lowest BCUT2D eigenvalue weighted by Crippen LogP contribution is -2.53. The van der Waals surface area contributed by atoms with E-state index in [4.69, 9.17) is 4.74 Å². The lowest BCUT2D eigenvalue weighted by atomic mass is 10.1. The van der Waals surface area contributed by atoms with Crippen molar-refractivity contribution in [2.24, 2.45) is 0 Å². The summed E-state index contributed by atoms with van der Waals surface area (Å²) in [6, 6.07) is 14.3. The van der Waals surface area contributed by atoms with Crippen LogP contribution in [-0.4, -0.2) is 55.8 Å². The summed E-state index contributed by atoms with van der Waals surface area (Å²) in [6.07, 6.45) is -0.0250. The predicted octanol–water partition coefficient (Wildman–Crippen LogP) is 2.99. The van der Waals surface area contributed by atoms with Crippen LogP contribution in [0.25, 0.3) is 0 Å². The molecule has 1 heterocycles. The van der Waals surface area contributed by atoms with Gasteiger partial charge in [-0.3, -0.25) is 4.79 Å². The van der Waals surface area contributed by atoms with Crippen LogP contribution in [-0.2, 0) is 14.8 Å². The molecule has 0 unspecified atom stereocenters. The maximum atomic E-state index is 13.0. The first-order valence-corrected chi connectivity index (χ1v) is 11.3. The van der Waals surface area contributed by atoms with Crippen LogP contribution in [0.1, 0.15) is 24.5 Å². The Balaban J connectivity index is 1.64. The van der Waals surface area contributed by atoms with E-state index < -0.39 is 16.1 Å². The van der Waals surface area contributed by atoms with Gasteiger partial charge >= 0.3 is 0 Å². The minimum absolute atomic E-state index is 0.0933. The number of aryl methyl sites for hydroxylation is 2. The molecule has 0 aromatic heterocycles. The number of nitrogens with zero attached hydrogens (tertiary/aromatic N) is 2. The molecule has 0 spiro atoms. The number of hydrogen-bond acceptors (Lipinski definition) is 4. The van der Waals surface area contributed by atoms with E-state index in [0.29, 0.717) is 25.3 Å². The first-order chi connectivity index (χ1) is 13.8. The number of ether oxygens (including phenoxy) is 1. The molecule has 2 aromatic rings. The first kappa shape index (κ1) is 21.3. The number of carbonyl (C=O) groups is 1. The molecule has 1 aliphatic rings. The number of rotatable bonds is 6. The Morgan fingerprint density at radius 1 is 1.03 bits per heavy atom.